The smallest absolute Gasteiger partial charge is 0.240 e. The zero-order chi connectivity index (χ0) is 15.9. The summed E-state index contributed by atoms with van der Waals surface area (Å²) in [7, 11) is -2.03. The SMILES string of the molecule is COc1ccc(S(=O)(=O)NCCCC(C)C)c(CCO)c1. The monoisotopic (exact) mass is 315 g/mol. The third-order valence-electron chi connectivity index (χ3n) is 3.19. The Morgan fingerprint density at radius 2 is 2.05 bits per heavy atom. The maximum atomic E-state index is 12.3. The molecule has 0 fully saturated rings. The van der Waals surface area contributed by atoms with E-state index >= 15 is 0 Å². The topological polar surface area (TPSA) is 75.6 Å². The predicted octanol–water partition coefficient (Wildman–Crippen LogP) is 1.94. The van der Waals surface area contributed by atoms with Crippen LogP contribution in [0.1, 0.15) is 32.3 Å². The molecular formula is C15H25NO4S. The molecule has 0 amide bonds. The first-order valence-corrected chi connectivity index (χ1v) is 8.66. The van der Waals surface area contributed by atoms with Gasteiger partial charge in [-0.15, -0.1) is 0 Å². The average Bonchev–Trinajstić information content (AvgIpc) is 2.43. The molecule has 0 saturated heterocycles. The highest BCUT2D eigenvalue weighted by Gasteiger charge is 2.18. The van der Waals surface area contributed by atoms with Gasteiger partial charge in [0.2, 0.25) is 10.0 Å². The molecule has 1 rings (SSSR count). The van der Waals surface area contributed by atoms with Crippen molar-refractivity contribution in [1.29, 1.82) is 0 Å². The quantitative estimate of drug-likeness (QED) is 0.683. The lowest BCUT2D eigenvalue weighted by Gasteiger charge is -2.13. The minimum absolute atomic E-state index is 0.108. The molecule has 2 N–H and O–H groups in total. The van der Waals surface area contributed by atoms with Gasteiger partial charge in [-0.3, -0.25) is 0 Å². The summed E-state index contributed by atoms with van der Waals surface area (Å²) >= 11 is 0. The number of benzene rings is 1. The van der Waals surface area contributed by atoms with Crippen molar-refractivity contribution in [3.8, 4) is 5.75 Å². The number of methoxy groups -OCH3 is 1. The number of aliphatic hydroxyl groups is 1. The molecule has 120 valence electrons. The van der Waals surface area contributed by atoms with Gasteiger partial charge in [0.1, 0.15) is 5.75 Å². The number of ether oxygens (including phenoxy) is 1. The van der Waals surface area contributed by atoms with Crippen molar-refractivity contribution in [3.05, 3.63) is 23.8 Å². The molecule has 1 aromatic carbocycles. The second-order valence-corrected chi connectivity index (χ2v) is 7.12. The number of hydrogen-bond acceptors (Lipinski definition) is 4. The fraction of sp³-hybridized carbons (Fsp3) is 0.600. The van der Waals surface area contributed by atoms with E-state index < -0.39 is 10.0 Å². The summed E-state index contributed by atoms with van der Waals surface area (Å²) in [5.74, 6) is 1.14. The zero-order valence-electron chi connectivity index (χ0n) is 12.9. The number of nitrogens with one attached hydrogen (secondary N) is 1. The van der Waals surface area contributed by atoms with Gasteiger partial charge in [-0.1, -0.05) is 13.8 Å². The molecule has 0 aromatic heterocycles. The molecule has 0 aliphatic rings. The van der Waals surface area contributed by atoms with Gasteiger partial charge in [0.05, 0.1) is 12.0 Å². The van der Waals surface area contributed by atoms with Gasteiger partial charge in [-0.05, 0) is 48.9 Å². The molecule has 0 bridgehead atoms. The molecule has 0 aliphatic heterocycles. The van der Waals surface area contributed by atoms with E-state index in [2.05, 4.69) is 18.6 Å². The first-order chi connectivity index (χ1) is 9.90. The van der Waals surface area contributed by atoms with Crippen LogP contribution >= 0.6 is 0 Å². The van der Waals surface area contributed by atoms with Crippen LogP contribution in [0.25, 0.3) is 0 Å². The Bertz CT molecular complexity index is 541. The largest absolute Gasteiger partial charge is 0.497 e. The second-order valence-electron chi connectivity index (χ2n) is 5.38. The predicted molar refractivity (Wildman–Crippen MR) is 83.0 cm³/mol. The summed E-state index contributed by atoms with van der Waals surface area (Å²) in [5, 5.41) is 9.09. The average molecular weight is 315 g/mol. The zero-order valence-corrected chi connectivity index (χ0v) is 13.7. The second kappa shape index (κ2) is 8.36. The molecule has 1 aromatic rings. The van der Waals surface area contributed by atoms with Crippen LogP contribution in [0.15, 0.2) is 23.1 Å². The van der Waals surface area contributed by atoms with Crippen LogP contribution in [0.2, 0.25) is 0 Å². The fourth-order valence-electron chi connectivity index (χ4n) is 2.06. The van der Waals surface area contributed by atoms with Crippen molar-refractivity contribution in [2.75, 3.05) is 20.3 Å². The van der Waals surface area contributed by atoms with Crippen LogP contribution in [0, 0.1) is 5.92 Å². The first-order valence-electron chi connectivity index (χ1n) is 7.18. The maximum absolute atomic E-state index is 12.3. The van der Waals surface area contributed by atoms with Gasteiger partial charge < -0.3 is 9.84 Å². The number of sulfonamides is 1. The van der Waals surface area contributed by atoms with Crippen molar-refractivity contribution in [1.82, 2.24) is 4.72 Å². The van der Waals surface area contributed by atoms with Gasteiger partial charge in [0.25, 0.3) is 0 Å². The van der Waals surface area contributed by atoms with Crippen molar-refractivity contribution in [2.24, 2.45) is 5.92 Å². The highest BCUT2D eigenvalue weighted by molar-refractivity contribution is 7.89. The van der Waals surface area contributed by atoms with Gasteiger partial charge in [0.15, 0.2) is 0 Å². The van der Waals surface area contributed by atoms with E-state index in [1.54, 1.807) is 12.1 Å². The Kier molecular flexibility index (Phi) is 7.14. The van der Waals surface area contributed by atoms with E-state index in [4.69, 9.17) is 9.84 Å². The third-order valence-corrected chi connectivity index (χ3v) is 4.75. The van der Waals surface area contributed by atoms with Gasteiger partial charge in [0, 0.05) is 13.2 Å². The number of rotatable bonds is 9. The van der Waals surface area contributed by atoms with Gasteiger partial charge in [-0.2, -0.15) is 0 Å². The number of hydrogen-bond donors (Lipinski definition) is 2. The summed E-state index contributed by atoms with van der Waals surface area (Å²) in [4.78, 5) is 0.210. The van der Waals surface area contributed by atoms with E-state index in [0.29, 0.717) is 23.8 Å². The molecule has 0 aliphatic carbocycles. The van der Waals surface area contributed by atoms with Gasteiger partial charge in [-0.25, -0.2) is 13.1 Å². The van der Waals surface area contributed by atoms with Crippen molar-refractivity contribution in [2.45, 2.75) is 38.0 Å². The van der Waals surface area contributed by atoms with Crippen LogP contribution in [-0.2, 0) is 16.4 Å². The highest BCUT2D eigenvalue weighted by Crippen LogP contribution is 2.22. The van der Waals surface area contributed by atoms with E-state index in [1.165, 1.54) is 13.2 Å². The molecule has 0 radical (unpaired) electrons. The van der Waals surface area contributed by atoms with Crippen LogP contribution in [0.4, 0.5) is 0 Å². The lowest BCUT2D eigenvalue weighted by molar-refractivity contribution is 0.298. The highest BCUT2D eigenvalue weighted by atomic mass is 32.2. The molecular weight excluding hydrogens is 290 g/mol. The van der Waals surface area contributed by atoms with Crippen molar-refractivity contribution in [3.63, 3.8) is 0 Å². The summed E-state index contributed by atoms with van der Waals surface area (Å²) in [6, 6.07) is 4.79. The molecule has 0 heterocycles. The van der Waals surface area contributed by atoms with Crippen LogP contribution < -0.4 is 9.46 Å². The van der Waals surface area contributed by atoms with Crippen molar-refractivity contribution >= 4 is 10.0 Å². The molecule has 0 spiro atoms. The Morgan fingerprint density at radius 1 is 1.33 bits per heavy atom. The Balaban J connectivity index is 2.86. The van der Waals surface area contributed by atoms with Crippen LogP contribution in [0.5, 0.6) is 5.75 Å². The minimum atomic E-state index is -3.55. The molecule has 0 atom stereocenters. The van der Waals surface area contributed by atoms with E-state index in [0.717, 1.165) is 12.8 Å². The standard InChI is InChI=1S/C15H25NO4S/c1-12(2)5-4-9-16-21(18,19)15-7-6-14(20-3)11-13(15)8-10-17/h6-7,11-12,16-17H,4-5,8-10H2,1-3H3. The summed E-state index contributed by atoms with van der Waals surface area (Å²) < 4.78 is 32.4. The normalized spacial score (nSPS) is 11.9. The Hall–Kier alpha value is -1.11. The van der Waals surface area contributed by atoms with Gasteiger partial charge >= 0.3 is 0 Å². The minimum Gasteiger partial charge on any atom is -0.497 e. The lowest BCUT2D eigenvalue weighted by Crippen LogP contribution is -2.26. The maximum Gasteiger partial charge on any atom is 0.240 e. The van der Waals surface area contributed by atoms with Crippen LogP contribution in [0.3, 0.4) is 0 Å². The number of aliphatic hydroxyl groups excluding tert-OH is 1. The summed E-state index contributed by atoms with van der Waals surface area (Å²) in [5.41, 5.74) is 0.563. The van der Waals surface area contributed by atoms with Crippen LogP contribution in [-0.4, -0.2) is 33.8 Å². The first kappa shape index (κ1) is 17.9. The van der Waals surface area contributed by atoms with Crippen molar-refractivity contribution < 1.29 is 18.3 Å². The van der Waals surface area contributed by atoms with E-state index in [1.807, 2.05) is 0 Å². The fourth-order valence-corrected chi connectivity index (χ4v) is 3.38. The lowest BCUT2D eigenvalue weighted by atomic mass is 10.1. The Morgan fingerprint density at radius 3 is 2.62 bits per heavy atom. The molecule has 21 heavy (non-hydrogen) atoms. The van der Waals surface area contributed by atoms with E-state index in [-0.39, 0.29) is 17.9 Å². The Labute approximate surface area is 127 Å². The molecule has 0 unspecified atom stereocenters. The molecule has 5 nitrogen and oxygen atoms in total. The summed E-state index contributed by atoms with van der Waals surface area (Å²) in [6.45, 7) is 4.53. The van der Waals surface area contributed by atoms with E-state index in [9.17, 15) is 8.42 Å². The third kappa shape index (κ3) is 5.65. The molecule has 6 heteroatoms. The molecule has 0 saturated carbocycles. The summed E-state index contributed by atoms with van der Waals surface area (Å²) in [6.07, 6.45) is 2.07.